The Labute approximate surface area is 125 Å². The van der Waals surface area contributed by atoms with Crippen molar-refractivity contribution in [3.8, 4) is 0 Å². The van der Waals surface area contributed by atoms with Crippen molar-refractivity contribution in [3.63, 3.8) is 0 Å². The van der Waals surface area contributed by atoms with Crippen molar-refractivity contribution in [2.24, 2.45) is 0 Å². The van der Waals surface area contributed by atoms with E-state index in [4.69, 9.17) is 4.74 Å². The summed E-state index contributed by atoms with van der Waals surface area (Å²) in [6, 6.07) is 4.63. The molecule has 0 saturated heterocycles. The summed E-state index contributed by atoms with van der Waals surface area (Å²) >= 11 is 0. The molecule has 3 heterocycles. The van der Waals surface area contributed by atoms with Crippen LogP contribution in [0.4, 0.5) is 0 Å². The fraction of sp³-hybridized carbons (Fsp3) is 0.529. The predicted octanol–water partition coefficient (Wildman–Crippen LogP) is 4.12. The van der Waals surface area contributed by atoms with Crippen molar-refractivity contribution in [2.45, 2.75) is 58.6 Å². The van der Waals surface area contributed by atoms with Gasteiger partial charge in [-0.25, -0.2) is 0 Å². The number of hydrogen-bond donors (Lipinski definition) is 0. The Kier molecular flexibility index (Phi) is 3.47. The van der Waals surface area contributed by atoms with Crippen molar-refractivity contribution in [3.05, 3.63) is 29.7 Å². The van der Waals surface area contributed by atoms with E-state index < -0.39 is 0 Å². The number of carbonyl (C=O) groups excluding carboxylic acids is 1. The predicted molar refractivity (Wildman–Crippen MR) is 82.3 cm³/mol. The van der Waals surface area contributed by atoms with E-state index in [9.17, 15) is 4.79 Å². The maximum Gasteiger partial charge on any atom is 0.303 e. The van der Waals surface area contributed by atoms with E-state index in [-0.39, 0.29) is 12.1 Å². The standard InChI is InChI=1S/C17H22N2O2/c1-5-12-8-16(21-11(4)20)15-9-13-14(19(12)15)6-7-18-17(13)10(2)3/h6-7,9-10,12,16H,5,8H2,1-4H3. The molecular formula is C17H22N2O2. The Morgan fingerprint density at radius 1 is 1.52 bits per heavy atom. The number of aromatic nitrogens is 2. The van der Waals surface area contributed by atoms with Gasteiger partial charge in [-0.2, -0.15) is 0 Å². The summed E-state index contributed by atoms with van der Waals surface area (Å²) in [6.07, 6.45) is 3.67. The molecule has 4 nitrogen and oxygen atoms in total. The van der Waals surface area contributed by atoms with E-state index in [0.717, 1.165) is 24.2 Å². The Hall–Kier alpha value is -1.84. The van der Waals surface area contributed by atoms with Crippen LogP contribution in [0.3, 0.4) is 0 Å². The second kappa shape index (κ2) is 5.17. The number of ether oxygens (including phenoxy) is 1. The van der Waals surface area contributed by atoms with Gasteiger partial charge in [0.1, 0.15) is 6.10 Å². The number of fused-ring (bicyclic) bond motifs is 3. The highest BCUT2D eigenvalue weighted by Gasteiger charge is 2.34. The second-order valence-corrected chi connectivity index (χ2v) is 6.12. The first-order valence-electron chi connectivity index (χ1n) is 7.69. The third-order valence-electron chi connectivity index (χ3n) is 4.34. The first kappa shape index (κ1) is 14.1. The van der Waals surface area contributed by atoms with E-state index >= 15 is 0 Å². The summed E-state index contributed by atoms with van der Waals surface area (Å²) in [7, 11) is 0. The van der Waals surface area contributed by atoms with Gasteiger partial charge in [-0.05, 0) is 24.5 Å². The van der Waals surface area contributed by atoms with E-state index in [1.54, 1.807) is 0 Å². The summed E-state index contributed by atoms with van der Waals surface area (Å²) in [4.78, 5) is 15.9. The van der Waals surface area contributed by atoms with Crippen molar-refractivity contribution in [1.82, 2.24) is 9.55 Å². The lowest BCUT2D eigenvalue weighted by atomic mass is 10.0. The average Bonchev–Trinajstić information content (AvgIpc) is 2.95. The van der Waals surface area contributed by atoms with Crippen LogP contribution in [0.2, 0.25) is 0 Å². The highest BCUT2D eigenvalue weighted by molar-refractivity contribution is 5.84. The van der Waals surface area contributed by atoms with Crippen molar-refractivity contribution in [1.29, 1.82) is 0 Å². The molecule has 0 saturated carbocycles. The van der Waals surface area contributed by atoms with Gasteiger partial charge in [0.15, 0.2) is 0 Å². The van der Waals surface area contributed by atoms with Crippen molar-refractivity contribution < 1.29 is 9.53 Å². The lowest BCUT2D eigenvalue weighted by Crippen LogP contribution is -2.05. The first-order valence-corrected chi connectivity index (χ1v) is 7.69. The number of pyridine rings is 1. The van der Waals surface area contributed by atoms with Gasteiger partial charge >= 0.3 is 5.97 Å². The summed E-state index contributed by atoms with van der Waals surface area (Å²) in [5, 5.41) is 1.19. The molecule has 0 aromatic carbocycles. The van der Waals surface area contributed by atoms with Crippen LogP contribution >= 0.6 is 0 Å². The molecule has 0 fully saturated rings. The van der Waals surface area contributed by atoms with Gasteiger partial charge in [-0.1, -0.05) is 20.8 Å². The zero-order chi connectivity index (χ0) is 15.1. The van der Waals surface area contributed by atoms with Crippen LogP contribution in [0.5, 0.6) is 0 Å². The van der Waals surface area contributed by atoms with Crippen LogP contribution in [-0.2, 0) is 9.53 Å². The minimum Gasteiger partial charge on any atom is -0.456 e. The maximum absolute atomic E-state index is 11.4. The summed E-state index contributed by atoms with van der Waals surface area (Å²) in [5.74, 6) is 0.167. The molecule has 2 aromatic heterocycles. The largest absolute Gasteiger partial charge is 0.456 e. The van der Waals surface area contributed by atoms with Crippen LogP contribution < -0.4 is 0 Å². The van der Waals surface area contributed by atoms with Gasteiger partial charge in [0.2, 0.25) is 0 Å². The Morgan fingerprint density at radius 3 is 2.90 bits per heavy atom. The highest BCUT2D eigenvalue weighted by atomic mass is 16.5. The average molecular weight is 286 g/mol. The second-order valence-electron chi connectivity index (χ2n) is 6.12. The molecule has 3 rings (SSSR count). The highest BCUT2D eigenvalue weighted by Crippen LogP contribution is 2.43. The van der Waals surface area contributed by atoms with Crippen LogP contribution in [0, 0.1) is 0 Å². The molecule has 1 aliphatic rings. The number of rotatable bonds is 3. The first-order chi connectivity index (χ1) is 10.0. The normalized spacial score (nSPS) is 21.0. The molecule has 4 heteroatoms. The Bertz CT molecular complexity index is 687. The molecule has 0 aliphatic carbocycles. The van der Waals surface area contributed by atoms with Gasteiger partial charge in [-0.15, -0.1) is 0 Å². The molecule has 21 heavy (non-hydrogen) atoms. The number of hydrogen-bond acceptors (Lipinski definition) is 3. The topological polar surface area (TPSA) is 44.1 Å². The lowest BCUT2D eigenvalue weighted by Gasteiger charge is -2.13. The molecule has 0 bridgehead atoms. The van der Waals surface area contributed by atoms with Gasteiger partial charge in [0.25, 0.3) is 0 Å². The van der Waals surface area contributed by atoms with Gasteiger partial charge in [0.05, 0.1) is 16.9 Å². The molecule has 2 atom stereocenters. The summed E-state index contributed by atoms with van der Waals surface area (Å²) < 4.78 is 7.86. The fourth-order valence-corrected chi connectivity index (χ4v) is 3.44. The molecule has 0 spiro atoms. The molecule has 2 aromatic rings. The Balaban J connectivity index is 2.18. The Morgan fingerprint density at radius 2 is 2.29 bits per heavy atom. The van der Waals surface area contributed by atoms with E-state index in [0.29, 0.717) is 12.0 Å². The maximum atomic E-state index is 11.4. The van der Waals surface area contributed by atoms with E-state index in [1.807, 2.05) is 6.20 Å². The van der Waals surface area contributed by atoms with Gasteiger partial charge in [-0.3, -0.25) is 9.78 Å². The van der Waals surface area contributed by atoms with Gasteiger partial charge < -0.3 is 9.30 Å². The van der Waals surface area contributed by atoms with Gasteiger partial charge in [0, 0.05) is 31.0 Å². The number of carbonyl (C=O) groups is 1. The third kappa shape index (κ3) is 2.23. The van der Waals surface area contributed by atoms with E-state index in [1.165, 1.54) is 17.8 Å². The molecular weight excluding hydrogens is 264 g/mol. The smallest absolute Gasteiger partial charge is 0.303 e. The minimum atomic E-state index is -0.212. The third-order valence-corrected chi connectivity index (χ3v) is 4.34. The molecule has 112 valence electrons. The van der Waals surface area contributed by atoms with Crippen LogP contribution in [0.1, 0.15) is 70.0 Å². The monoisotopic (exact) mass is 286 g/mol. The summed E-state index contributed by atoms with van der Waals surface area (Å²) in [5.41, 5.74) is 3.44. The zero-order valence-corrected chi connectivity index (χ0v) is 13.1. The summed E-state index contributed by atoms with van der Waals surface area (Å²) in [6.45, 7) is 7.98. The fourth-order valence-electron chi connectivity index (χ4n) is 3.44. The van der Waals surface area contributed by atoms with Crippen LogP contribution in [0.25, 0.3) is 10.9 Å². The quantitative estimate of drug-likeness (QED) is 0.797. The zero-order valence-electron chi connectivity index (χ0n) is 13.1. The number of nitrogens with zero attached hydrogens (tertiary/aromatic N) is 2. The van der Waals surface area contributed by atoms with Crippen LogP contribution in [-0.4, -0.2) is 15.5 Å². The molecule has 0 radical (unpaired) electrons. The van der Waals surface area contributed by atoms with E-state index in [2.05, 4.69) is 42.5 Å². The SMILES string of the molecule is CCC1CC(OC(C)=O)c2cc3c(C(C)C)nccc3n21. The van der Waals surface area contributed by atoms with Crippen molar-refractivity contribution >= 4 is 16.9 Å². The molecule has 1 aliphatic heterocycles. The molecule has 0 amide bonds. The number of esters is 1. The molecule has 2 unspecified atom stereocenters. The lowest BCUT2D eigenvalue weighted by molar-refractivity contribution is -0.146. The minimum absolute atomic E-state index is 0.125. The molecule has 0 N–H and O–H groups in total. The van der Waals surface area contributed by atoms with Crippen LogP contribution in [0.15, 0.2) is 18.3 Å². The van der Waals surface area contributed by atoms with Crippen molar-refractivity contribution in [2.75, 3.05) is 0 Å².